The van der Waals surface area contributed by atoms with Crippen LogP contribution in [0.25, 0.3) is 10.8 Å². The molecule has 0 aliphatic carbocycles. The number of fused-ring (bicyclic) bond motifs is 1. The van der Waals surface area contributed by atoms with Crippen LogP contribution in [-0.2, 0) is 0 Å². The van der Waals surface area contributed by atoms with E-state index >= 15 is 0 Å². The van der Waals surface area contributed by atoms with E-state index in [1.165, 1.54) is 0 Å². The Labute approximate surface area is 118 Å². The molecule has 0 bridgehead atoms. The van der Waals surface area contributed by atoms with Gasteiger partial charge in [-0.3, -0.25) is 0 Å². The number of ether oxygens (including phenoxy) is 5. The summed E-state index contributed by atoms with van der Waals surface area (Å²) in [5.74, 6) is 3.13. The topological polar surface area (TPSA) is 46.2 Å². The third-order valence-corrected chi connectivity index (χ3v) is 3.17. The lowest BCUT2D eigenvalue weighted by molar-refractivity contribution is 0.350. The zero-order chi connectivity index (χ0) is 14.7. The molecule has 0 aliphatic heterocycles. The molecule has 0 spiro atoms. The summed E-state index contributed by atoms with van der Waals surface area (Å²) in [4.78, 5) is 0. The summed E-state index contributed by atoms with van der Waals surface area (Å²) in [6, 6.07) is 5.42. The molecule has 5 heteroatoms. The zero-order valence-electron chi connectivity index (χ0n) is 12.3. The van der Waals surface area contributed by atoms with Gasteiger partial charge < -0.3 is 23.7 Å². The Morgan fingerprint density at radius 2 is 1.05 bits per heavy atom. The Morgan fingerprint density at radius 3 is 1.50 bits per heavy atom. The van der Waals surface area contributed by atoms with E-state index in [1.807, 2.05) is 12.1 Å². The maximum absolute atomic E-state index is 5.47. The molecule has 108 valence electrons. The molecule has 0 N–H and O–H groups in total. The minimum atomic E-state index is 0.573. The SMILES string of the molecule is COc1cc(OC)c2c(OC)ccc(OC)c2c1OC. The van der Waals surface area contributed by atoms with Crippen molar-refractivity contribution in [1.82, 2.24) is 0 Å². The molecule has 2 rings (SSSR count). The van der Waals surface area contributed by atoms with Gasteiger partial charge in [-0.1, -0.05) is 0 Å². The summed E-state index contributed by atoms with van der Waals surface area (Å²) in [6.07, 6.45) is 0. The molecule has 5 nitrogen and oxygen atoms in total. The molecule has 0 saturated carbocycles. The van der Waals surface area contributed by atoms with E-state index < -0.39 is 0 Å². The number of hydrogen-bond donors (Lipinski definition) is 0. The van der Waals surface area contributed by atoms with Crippen LogP contribution in [0.1, 0.15) is 0 Å². The minimum Gasteiger partial charge on any atom is -0.496 e. The first-order valence-corrected chi connectivity index (χ1v) is 6.05. The highest BCUT2D eigenvalue weighted by atomic mass is 16.5. The molecule has 0 radical (unpaired) electrons. The number of methoxy groups -OCH3 is 5. The van der Waals surface area contributed by atoms with Gasteiger partial charge >= 0.3 is 0 Å². The fourth-order valence-electron chi connectivity index (χ4n) is 2.27. The summed E-state index contributed by atoms with van der Waals surface area (Å²) >= 11 is 0. The monoisotopic (exact) mass is 278 g/mol. The summed E-state index contributed by atoms with van der Waals surface area (Å²) in [5, 5.41) is 1.54. The first kappa shape index (κ1) is 14.1. The molecular weight excluding hydrogens is 260 g/mol. The average molecular weight is 278 g/mol. The van der Waals surface area contributed by atoms with Gasteiger partial charge in [0.25, 0.3) is 0 Å². The maximum Gasteiger partial charge on any atom is 0.172 e. The van der Waals surface area contributed by atoms with Crippen LogP contribution >= 0.6 is 0 Å². The molecule has 0 fully saturated rings. The molecule has 0 unspecified atom stereocenters. The van der Waals surface area contributed by atoms with Crippen LogP contribution in [0, 0.1) is 0 Å². The van der Waals surface area contributed by atoms with E-state index in [4.69, 9.17) is 23.7 Å². The van der Waals surface area contributed by atoms with Gasteiger partial charge in [0.1, 0.15) is 17.2 Å². The quantitative estimate of drug-likeness (QED) is 0.841. The van der Waals surface area contributed by atoms with Crippen LogP contribution < -0.4 is 23.7 Å². The smallest absolute Gasteiger partial charge is 0.172 e. The molecule has 0 aliphatic rings. The normalized spacial score (nSPS) is 10.2. The third-order valence-electron chi connectivity index (χ3n) is 3.17. The minimum absolute atomic E-state index is 0.573. The molecular formula is C15H18O5. The van der Waals surface area contributed by atoms with Crippen molar-refractivity contribution in [2.75, 3.05) is 35.5 Å². The summed E-state index contributed by atoms with van der Waals surface area (Å²) < 4.78 is 27.1. The van der Waals surface area contributed by atoms with Crippen molar-refractivity contribution < 1.29 is 23.7 Å². The van der Waals surface area contributed by atoms with Crippen LogP contribution in [0.5, 0.6) is 28.7 Å². The Kier molecular flexibility index (Phi) is 4.08. The van der Waals surface area contributed by atoms with Crippen LogP contribution in [0.15, 0.2) is 18.2 Å². The van der Waals surface area contributed by atoms with E-state index in [1.54, 1.807) is 41.6 Å². The Bertz CT molecular complexity index is 621. The summed E-state index contributed by atoms with van der Waals surface area (Å²) in [7, 11) is 7.97. The predicted octanol–water partition coefficient (Wildman–Crippen LogP) is 2.88. The van der Waals surface area contributed by atoms with E-state index in [9.17, 15) is 0 Å². The Morgan fingerprint density at radius 1 is 0.550 bits per heavy atom. The van der Waals surface area contributed by atoms with Crippen molar-refractivity contribution in [2.45, 2.75) is 0 Å². The van der Waals surface area contributed by atoms with Gasteiger partial charge in [-0.05, 0) is 12.1 Å². The van der Waals surface area contributed by atoms with Crippen molar-refractivity contribution >= 4 is 10.8 Å². The number of rotatable bonds is 5. The highest BCUT2D eigenvalue weighted by Gasteiger charge is 2.21. The van der Waals surface area contributed by atoms with Crippen LogP contribution in [0.2, 0.25) is 0 Å². The second kappa shape index (κ2) is 5.77. The van der Waals surface area contributed by atoms with Gasteiger partial charge in [-0.2, -0.15) is 0 Å². The summed E-state index contributed by atoms with van der Waals surface area (Å²) in [6.45, 7) is 0. The van der Waals surface area contributed by atoms with Gasteiger partial charge in [-0.25, -0.2) is 0 Å². The maximum atomic E-state index is 5.47. The second-order valence-electron chi connectivity index (χ2n) is 4.03. The first-order chi connectivity index (χ1) is 9.71. The molecule has 0 saturated heterocycles. The van der Waals surface area contributed by atoms with E-state index in [0.717, 1.165) is 10.8 Å². The Hall–Kier alpha value is -2.30. The van der Waals surface area contributed by atoms with Gasteiger partial charge in [-0.15, -0.1) is 0 Å². The number of hydrogen-bond acceptors (Lipinski definition) is 5. The van der Waals surface area contributed by atoms with Crippen molar-refractivity contribution in [3.63, 3.8) is 0 Å². The van der Waals surface area contributed by atoms with Gasteiger partial charge in [0.2, 0.25) is 0 Å². The lowest BCUT2D eigenvalue weighted by Gasteiger charge is -2.18. The average Bonchev–Trinajstić information content (AvgIpc) is 2.51. The predicted molar refractivity (Wildman–Crippen MR) is 76.7 cm³/mol. The lowest BCUT2D eigenvalue weighted by atomic mass is 10.1. The van der Waals surface area contributed by atoms with Crippen LogP contribution in [0.3, 0.4) is 0 Å². The standard InChI is InChI=1S/C15H18O5/c1-16-9-6-7-10(17-2)14-13(9)11(18-3)8-12(19-4)15(14)20-5/h6-8H,1-5H3. The fourth-order valence-corrected chi connectivity index (χ4v) is 2.27. The first-order valence-electron chi connectivity index (χ1n) is 6.05. The fraction of sp³-hybridized carbons (Fsp3) is 0.333. The van der Waals surface area contributed by atoms with Crippen molar-refractivity contribution in [3.8, 4) is 28.7 Å². The van der Waals surface area contributed by atoms with Crippen LogP contribution in [-0.4, -0.2) is 35.5 Å². The number of benzene rings is 2. The van der Waals surface area contributed by atoms with E-state index in [-0.39, 0.29) is 0 Å². The van der Waals surface area contributed by atoms with E-state index in [0.29, 0.717) is 28.7 Å². The van der Waals surface area contributed by atoms with Gasteiger partial charge in [0.05, 0.1) is 46.3 Å². The molecule has 2 aromatic rings. The highest BCUT2D eigenvalue weighted by molar-refractivity contribution is 6.03. The van der Waals surface area contributed by atoms with Crippen molar-refractivity contribution in [1.29, 1.82) is 0 Å². The molecule has 20 heavy (non-hydrogen) atoms. The van der Waals surface area contributed by atoms with Gasteiger partial charge in [0.15, 0.2) is 11.5 Å². The van der Waals surface area contributed by atoms with Crippen molar-refractivity contribution in [3.05, 3.63) is 18.2 Å². The van der Waals surface area contributed by atoms with Crippen molar-refractivity contribution in [2.24, 2.45) is 0 Å². The molecule has 0 aromatic heterocycles. The zero-order valence-corrected chi connectivity index (χ0v) is 12.3. The molecule has 0 atom stereocenters. The van der Waals surface area contributed by atoms with Gasteiger partial charge in [0, 0.05) is 6.07 Å². The Balaban J connectivity index is 2.99. The molecule has 0 amide bonds. The summed E-state index contributed by atoms with van der Waals surface area (Å²) in [5.41, 5.74) is 0. The largest absolute Gasteiger partial charge is 0.496 e. The highest BCUT2D eigenvalue weighted by Crippen LogP contribution is 2.48. The van der Waals surface area contributed by atoms with Crippen LogP contribution in [0.4, 0.5) is 0 Å². The molecule has 2 aromatic carbocycles. The third kappa shape index (κ3) is 2.05. The van der Waals surface area contributed by atoms with E-state index in [2.05, 4.69) is 0 Å². The second-order valence-corrected chi connectivity index (χ2v) is 4.03. The lowest BCUT2D eigenvalue weighted by Crippen LogP contribution is -1.98. The molecule has 0 heterocycles.